The van der Waals surface area contributed by atoms with Crippen molar-refractivity contribution in [2.45, 2.75) is 13.0 Å². The van der Waals surface area contributed by atoms with E-state index in [1.165, 1.54) is 23.0 Å². The van der Waals surface area contributed by atoms with Gasteiger partial charge in [-0.2, -0.15) is 0 Å². The van der Waals surface area contributed by atoms with Gasteiger partial charge in [-0.1, -0.05) is 12.1 Å². The quantitative estimate of drug-likeness (QED) is 0.732. The third kappa shape index (κ3) is 2.42. The molecule has 0 unspecified atom stereocenters. The summed E-state index contributed by atoms with van der Waals surface area (Å²) in [6, 6.07) is 9.86. The van der Waals surface area contributed by atoms with Gasteiger partial charge in [-0.05, 0) is 36.2 Å². The van der Waals surface area contributed by atoms with E-state index in [2.05, 4.69) is 9.97 Å². The number of halogens is 1. The molecule has 0 amide bonds. The normalized spacial score (nSPS) is 10.8. The first-order valence-electron chi connectivity index (χ1n) is 6.29. The number of rotatable bonds is 3. The van der Waals surface area contributed by atoms with Gasteiger partial charge >= 0.3 is 0 Å². The molecule has 0 N–H and O–H groups in total. The first-order valence-corrected chi connectivity index (χ1v) is 6.29. The summed E-state index contributed by atoms with van der Waals surface area (Å²) in [4.78, 5) is 20.5. The minimum Gasteiger partial charge on any atom is -0.297 e. The Bertz CT molecular complexity index is 813. The van der Waals surface area contributed by atoms with Gasteiger partial charge in [0.1, 0.15) is 5.82 Å². The Labute approximate surface area is 114 Å². The largest absolute Gasteiger partial charge is 0.297 e. The molecular weight excluding hydrogens is 257 g/mol. The third-order valence-corrected chi connectivity index (χ3v) is 3.12. The van der Waals surface area contributed by atoms with Crippen LogP contribution in [0.25, 0.3) is 11.0 Å². The van der Waals surface area contributed by atoms with Gasteiger partial charge in [-0.25, -0.2) is 14.4 Å². The second-order valence-electron chi connectivity index (χ2n) is 4.49. The zero-order valence-electron chi connectivity index (χ0n) is 10.7. The highest BCUT2D eigenvalue weighted by atomic mass is 19.1. The molecule has 100 valence electrons. The number of aryl methyl sites for hydroxylation is 2. The van der Waals surface area contributed by atoms with Crippen molar-refractivity contribution in [1.29, 1.82) is 0 Å². The van der Waals surface area contributed by atoms with Crippen molar-refractivity contribution in [3.63, 3.8) is 0 Å². The Kier molecular flexibility index (Phi) is 3.25. The van der Waals surface area contributed by atoms with E-state index in [-0.39, 0.29) is 11.4 Å². The third-order valence-electron chi connectivity index (χ3n) is 3.12. The monoisotopic (exact) mass is 269 g/mol. The van der Waals surface area contributed by atoms with Crippen LogP contribution in [0.1, 0.15) is 5.56 Å². The topological polar surface area (TPSA) is 47.8 Å². The van der Waals surface area contributed by atoms with Crippen molar-refractivity contribution in [3.8, 4) is 0 Å². The van der Waals surface area contributed by atoms with Crippen molar-refractivity contribution < 1.29 is 4.39 Å². The molecule has 0 radical (unpaired) electrons. The van der Waals surface area contributed by atoms with E-state index in [0.717, 1.165) is 5.56 Å². The second-order valence-corrected chi connectivity index (χ2v) is 4.49. The summed E-state index contributed by atoms with van der Waals surface area (Å²) in [7, 11) is 0. The minimum atomic E-state index is -0.270. The summed E-state index contributed by atoms with van der Waals surface area (Å²) in [5.74, 6) is -0.270. The maximum absolute atomic E-state index is 13.1. The van der Waals surface area contributed by atoms with Gasteiger partial charge in [-0.3, -0.25) is 9.36 Å². The average Bonchev–Trinajstić information content (AvgIpc) is 2.47. The summed E-state index contributed by atoms with van der Waals surface area (Å²) < 4.78 is 14.6. The van der Waals surface area contributed by atoms with Crippen molar-refractivity contribution in [1.82, 2.24) is 14.5 Å². The van der Waals surface area contributed by atoms with Gasteiger partial charge in [-0.15, -0.1) is 0 Å². The van der Waals surface area contributed by atoms with Crippen molar-refractivity contribution in [2.75, 3.05) is 0 Å². The van der Waals surface area contributed by atoms with Crippen molar-refractivity contribution in [2.24, 2.45) is 0 Å². The van der Waals surface area contributed by atoms with Crippen LogP contribution in [0.3, 0.4) is 0 Å². The van der Waals surface area contributed by atoms with E-state index >= 15 is 0 Å². The van der Waals surface area contributed by atoms with Gasteiger partial charge in [0, 0.05) is 12.7 Å². The number of nitrogens with zero attached hydrogens (tertiary/aromatic N) is 3. The van der Waals surface area contributed by atoms with Crippen LogP contribution in [0.15, 0.2) is 53.7 Å². The van der Waals surface area contributed by atoms with Crippen LogP contribution in [-0.2, 0) is 13.0 Å². The lowest BCUT2D eigenvalue weighted by atomic mass is 10.1. The van der Waals surface area contributed by atoms with Crippen LogP contribution < -0.4 is 5.56 Å². The molecule has 0 saturated carbocycles. The standard InChI is InChI=1S/C15H12FN3O/c16-12-4-1-3-11(9-12)6-8-19-10-18-13-5-2-7-17-14(13)15(19)20/h1-5,7,9-10H,6,8H2. The summed E-state index contributed by atoms with van der Waals surface area (Å²) in [5, 5.41) is 0. The molecule has 0 atom stereocenters. The molecule has 0 bridgehead atoms. The fourth-order valence-electron chi connectivity index (χ4n) is 2.09. The molecule has 0 aliphatic rings. The number of aromatic nitrogens is 3. The van der Waals surface area contributed by atoms with E-state index in [1.54, 1.807) is 24.4 Å². The number of benzene rings is 1. The maximum atomic E-state index is 13.1. The van der Waals surface area contributed by atoms with Crippen LogP contribution in [-0.4, -0.2) is 14.5 Å². The number of fused-ring (bicyclic) bond motifs is 1. The average molecular weight is 269 g/mol. The molecule has 3 rings (SSSR count). The zero-order valence-corrected chi connectivity index (χ0v) is 10.7. The van der Waals surface area contributed by atoms with Crippen LogP contribution >= 0.6 is 0 Å². The number of hydrogen-bond donors (Lipinski definition) is 0. The summed E-state index contributed by atoms with van der Waals surface area (Å²) in [6.45, 7) is 0.446. The molecule has 4 nitrogen and oxygen atoms in total. The molecule has 0 aliphatic carbocycles. The Morgan fingerprint density at radius 3 is 2.90 bits per heavy atom. The molecule has 0 aliphatic heterocycles. The minimum absolute atomic E-state index is 0.174. The predicted molar refractivity (Wildman–Crippen MR) is 73.9 cm³/mol. The predicted octanol–water partition coefficient (Wildman–Crippen LogP) is 2.17. The fraction of sp³-hybridized carbons (Fsp3) is 0.133. The molecule has 5 heteroatoms. The van der Waals surface area contributed by atoms with Crippen molar-refractivity contribution in [3.05, 3.63) is 70.7 Å². The Balaban J connectivity index is 1.88. The summed E-state index contributed by atoms with van der Waals surface area (Å²) in [6.07, 6.45) is 3.64. The van der Waals surface area contributed by atoms with Crippen molar-refractivity contribution >= 4 is 11.0 Å². The molecule has 2 aromatic heterocycles. The zero-order chi connectivity index (χ0) is 13.9. The molecule has 0 spiro atoms. The highest BCUT2D eigenvalue weighted by Gasteiger charge is 2.05. The van der Waals surface area contributed by atoms with Gasteiger partial charge in [0.2, 0.25) is 0 Å². The highest BCUT2D eigenvalue weighted by Crippen LogP contribution is 2.06. The lowest BCUT2D eigenvalue weighted by Gasteiger charge is -2.06. The maximum Gasteiger partial charge on any atom is 0.279 e. The summed E-state index contributed by atoms with van der Waals surface area (Å²) >= 11 is 0. The first kappa shape index (κ1) is 12.5. The summed E-state index contributed by atoms with van der Waals surface area (Å²) in [5.41, 5.74) is 1.61. The smallest absolute Gasteiger partial charge is 0.279 e. The van der Waals surface area contributed by atoms with E-state index in [4.69, 9.17) is 0 Å². The first-order chi connectivity index (χ1) is 9.74. The van der Waals surface area contributed by atoms with Gasteiger partial charge in [0.15, 0.2) is 5.52 Å². The molecular formula is C15H12FN3O. The van der Waals surface area contributed by atoms with E-state index in [1.807, 2.05) is 6.07 Å². The van der Waals surface area contributed by atoms with Crippen LogP contribution in [0.5, 0.6) is 0 Å². The lowest BCUT2D eigenvalue weighted by molar-refractivity contribution is 0.619. The molecule has 1 aromatic carbocycles. The van der Waals surface area contributed by atoms with E-state index in [0.29, 0.717) is 24.0 Å². The lowest BCUT2D eigenvalue weighted by Crippen LogP contribution is -2.22. The van der Waals surface area contributed by atoms with E-state index < -0.39 is 0 Å². The van der Waals surface area contributed by atoms with Gasteiger partial charge < -0.3 is 0 Å². The SMILES string of the molecule is O=c1c2ncccc2ncn1CCc1cccc(F)c1. The number of hydrogen-bond acceptors (Lipinski definition) is 3. The molecule has 0 saturated heterocycles. The Morgan fingerprint density at radius 1 is 1.15 bits per heavy atom. The van der Waals surface area contributed by atoms with Gasteiger partial charge in [0.05, 0.1) is 11.8 Å². The Hall–Kier alpha value is -2.56. The molecule has 2 heterocycles. The number of pyridine rings is 1. The van der Waals surface area contributed by atoms with Gasteiger partial charge in [0.25, 0.3) is 5.56 Å². The van der Waals surface area contributed by atoms with Crippen LogP contribution in [0, 0.1) is 5.82 Å². The van der Waals surface area contributed by atoms with Crippen LogP contribution in [0.2, 0.25) is 0 Å². The molecule has 20 heavy (non-hydrogen) atoms. The molecule has 0 fully saturated rings. The molecule has 3 aromatic rings. The fourth-order valence-corrected chi connectivity index (χ4v) is 2.09. The van der Waals surface area contributed by atoms with Crippen LogP contribution in [0.4, 0.5) is 4.39 Å². The Morgan fingerprint density at radius 2 is 2.05 bits per heavy atom. The highest BCUT2D eigenvalue weighted by molar-refractivity contribution is 5.71. The second kappa shape index (κ2) is 5.21. The van der Waals surface area contributed by atoms with E-state index in [9.17, 15) is 9.18 Å².